The Labute approximate surface area is 104 Å². The molecule has 2 aliphatic rings. The van der Waals surface area contributed by atoms with Crippen LogP contribution >= 0.6 is 0 Å². The molecule has 2 saturated heterocycles. The molecule has 1 unspecified atom stereocenters. The summed E-state index contributed by atoms with van der Waals surface area (Å²) in [5.41, 5.74) is 1.35. The van der Waals surface area contributed by atoms with Gasteiger partial charge in [0.1, 0.15) is 0 Å². The van der Waals surface area contributed by atoms with E-state index in [4.69, 9.17) is 0 Å². The highest BCUT2D eigenvalue weighted by Gasteiger charge is 2.47. The van der Waals surface area contributed by atoms with Crippen LogP contribution in [0, 0.1) is 5.41 Å². The molecule has 2 rings (SSSR count). The summed E-state index contributed by atoms with van der Waals surface area (Å²) in [4.78, 5) is 16.7. The van der Waals surface area contributed by atoms with Gasteiger partial charge in [0.2, 0.25) is 5.91 Å². The second-order valence-corrected chi connectivity index (χ2v) is 5.71. The lowest BCUT2D eigenvalue weighted by atomic mass is 9.78. The molecule has 17 heavy (non-hydrogen) atoms. The molecule has 0 aromatic carbocycles. The Bertz CT molecular complexity index is 337. The number of hydrogen-bond acceptors (Lipinski definition) is 2. The molecule has 2 aliphatic heterocycles. The Balaban J connectivity index is 2.02. The van der Waals surface area contributed by atoms with Crippen molar-refractivity contribution >= 4 is 5.91 Å². The molecule has 0 aliphatic carbocycles. The molecular weight excluding hydrogens is 212 g/mol. The first kappa shape index (κ1) is 12.6. The van der Waals surface area contributed by atoms with Gasteiger partial charge in [0.25, 0.3) is 0 Å². The van der Waals surface area contributed by atoms with Crippen LogP contribution in [-0.4, -0.2) is 48.9 Å². The molecule has 2 fully saturated rings. The van der Waals surface area contributed by atoms with Crippen LogP contribution in [0.1, 0.15) is 33.1 Å². The number of rotatable bonds is 2. The lowest BCUT2D eigenvalue weighted by Gasteiger charge is -2.37. The first-order valence-electron chi connectivity index (χ1n) is 6.67. The maximum atomic E-state index is 12.3. The quantitative estimate of drug-likeness (QED) is 0.684. The molecule has 1 amide bonds. The normalized spacial score (nSPS) is 31.6. The average molecular weight is 236 g/mol. The highest BCUT2D eigenvalue weighted by molar-refractivity contribution is 5.83. The van der Waals surface area contributed by atoms with Crippen LogP contribution in [0.2, 0.25) is 0 Å². The lowest BCUT2D eigenvalue weighted by molar-refractivity contribution is -0.143. The van der Waals surface area contributed by atoms with Gasteiger partial charge in [0, 0.05) is 26.7 Å². The number of likely N-dealkylation sites (tertiary alicyclic amines) is 2. The maximum absolute atomic E-state index is 12.3. The van der Waals surface area contributed by atoms with E-state index in [1.807, 2.05) is 11.9 Å². The second-order valence-electron chi connectivity index (χ2n) is 5.71. The molecule has 96 valence electrons. The lowest BCUT2D eigenvalue weighted by Crippen LogP contribution is -2.48. The predicted molar refractivity (Wildman–Crippen MR) is 69.8 cm³/mol. The fourth-order valence-corrected chi connectivity index (χ4v) is 3.18. The van der Waals surface area contributed by atoms with Crippen LogP contribution < -0.4 is 0 Å². The summed E-state index contributed by atoms with van der Waals surface area (Å²) >= 11 is 0. The van der Waals surface area contributed by atoms with Gasteiger partial charge >= 0.3 is 0 Å². The zero-order chi connectivity index (χ0) is 12.5. The number of carbonyl (C=O) groups excluding carboxylic acids is 1. The average Bonchev–Trinajstić information content (AvgIpc) is 2.70. The standard InChI is InChI=1S/C14H24N2O/c1-4-12(2)10-16-9-7-14(11-16)6-5-8-15(3)13(14)17/h4H,5-11H2,1-3H3. The molecule has 0 N–H and O–H groups in total. The van der Waals surface area contributed by atoms with Crippen molar-refractivity contribution in [2.75, 3.05) is 33.2 Å². The minimum atomic E-state index is -0.0545. The summed E-state index contributed by atoms with van der Waals surface area (Å²) in [6, 6.07) is 0. The summed E-state index contributed by atoms with van der Waals surface area (Å²) in [6.45, 7) is 8.25. The van der Waals surface area contributed by atoms with E-state index < -0.39 is 0 Å². The van der Waals surface area contributed by atoms with Crippen LogP contribution in [0.25, 0.3) is 0 Å². The molecule has 0 aromatic rings. The fourth-order valence-electron chi connectivity index (χ4n) is 3.18. The van der Waals surface area contributed by atoms with Gasteiger partial charge in [-0.1, -0.05) is 11.6 Å². The van der Waals surface area contributed by atoms with Gasteiger partial charge in [-0.25, -0.2) is 0 Å². The molecule has 2 heterocycles. The summed E-state index contributed by atoms with van der Waals surface area (Å²) in [7, 11) is 1.95. The molecular formula is C14H24N2O. The second kappa shape index (κ2) is 4.81. The highest BCUT2D eigenvalue weighted by atomic mass is 16.2. The van der Waals surface area contributed by atoms with Crippen molar-refractivity contribution in [3.8, 4) is 0 Å². The van der Waals surface area contributed by atoms with Crippen LogP contribution in [0.4, 0.5) is 0 Å². The number of allylic oxidation sites excluding steroid dienone is 1. The molecule has 0 bridgehead atoms. The minimum Gasteiger partial charge on any atom is -0.345 e. The maximum Gasteiger partial charge on any atom is 0.229 e. The largest absolute Gasteiger partial charge is 0.345 e. The van der Waals surface area contributed by atoms with Gasteiger partial charge in [0.05, 0.1) is 5.41 Å². The van der Waals surface area contributed by atoms with Gasteiger partial charge in [-0.2, -0.15) is 0 Å². The Morgan fingerprint density at radius 3 is 2.88 bits per heavy atom. The zero-order valence-corrected chi connectivity index (χ0v) is 11.3. The number of hydrogen-bond donors (Lipinski definition) is 0. The minimum absolute atomic E-state index is 0.0545. The smallest absolute Gasteiger partial charge is 0.229 e. The van der Waals surface area contributed by atoms with E-state index in [9.17, 15) is 4.79 Å². The van der Waals surface area contributed by atoms with E-state index in [2.05, 4.69) is 24.8 Å². The van der Waals surface area contributed by atoms with Crippen molar-refractivity contribution in [2.45, 2.75) is 33.1 Å². The van der Waals surface area contributed by atoms with Crippen LogP contribution in [0.15, 0.2) is 11.6 Å². The molecule has 0 aromatic heterocycles. The number of carbonyl (C=O) groups is 1. The van der Waals surface area contributed by atoms with Gasteiger partial charge in [-0.3, -0.25) is 9.69 Å². The molecule has 0 radical (unpaired) electrons. The molecule has 1 spiro atoms. The Kier molecular flexibility index (Phi) is 3.57. The number of amides is 1. The highest BCUT2D eigenvalue weighted by Crippen LogP contribution is 2.39. The first-order chi connectivity index (χ1) is 8.07. The van der Waals surface area contributed by atoms with Crippen LogP contribution in [0.3, 0.4) is 0 Å². The third kappa shape index (κ3) is 2.39. The Morgan fingerprint density at radius 2 is 2.18 bits per heavy atom. The van der Waals surface area contributed by atoms with E-state index in [0.717, 1.165) is 39.0 Å². The van der Waals surface area contributed by atoms with Gasteiger partial charge < -0.3 is 4.90 Å². The summed E-state index contributed by atoms with van der Waals surface area (Å²) in [5.74, 6) is 0.379. The molecule has 1 atom stereocenters. The number of nitrogens with zero attached hydrogens (tertiary/aromatic N) is 2. The van der Waals surface area contributed by atoms with Crippen molar-refractivity contribution in [3.63, 3.8) is 0 Å². The van der Waals surface area contributed by atoms with Crippen LogP contribution in [-0.2, 0) is 4.79 Å². The molecule has 0 saturated carbocycles. The Hall–Kier alpha value is -0.830. The Morgan fingerprint density at radius 1 is 1.41 bits per heavy atom. The van der Waals surface area contributed by atoms with Crippen molar-refractivity contribution in [3.05, 3.63) is 11.6 Å². The fraction of sp³-hybridized carbons (Fsp3) is 0.786. The number of piperidine rings is 1. The summed E-state index contributed by atoms with van der Waals surface area (Å²) in [6.07, 6.45) is 5.47. The van der Waals surface area contributed by atoms with E-state index >= 15 is 0 Å². The van der Waals surface area contributed by atoms with Crippen molar-refractivity contribution in [1.82, 2.24) is 9.80 Å². The first-order valence-corrected chi connectivity index (χ1v) is 6.67. The van der Waals surface area contributed by atoms with E-state index in [1.165, 1.54) is 12.0 Å². The zero-order valence-electron chi connectivity index (χ0n) is 11.3. The van der Waals surface area contributed by atoms with Gasteiger partial charge in [-0.05, 0) is 39.7 Å². The van der Waals surface area contributed by atoms with Crippen molar-refractivity contribution in [2.24, 2.45) is 5.41 Å². The van der Waals surface area contributed by atoms with E-state index in [0.29, 0.717) is 5.91 Å². The monoisotopic (exact) mass is 236 g/mol. The topological polar surface area (TPSA) is 23.6 Å². The van der Waals surface area contributed by atoms with E-state index in [1.54, 1.807) is 0 Å². The van der Waals surface area contributed by atoms with E-state index in [-0.39, 0.29) is 5.41 Å². The van der Waals surface area contributed by atoms with Crippen molar-refractivity contribution in [1.29, 1.82) is 0 Å². The van der Waals surface area contributed by atoms with Gasteiger partial charge in [-0.15, -0.1) is 0 Å². The third-order valence-corrected chi connectivity index (χ3v) is 4.35. The third-order valence-electron chi connectivity index (χ3n) is 4.35. The molecule has 3 nitrogen and oxygen atoms in total. The summed E-state index contributed by atoms with van der Waals surface area (Å²) in [5, 5.41) is 0. The SMILES string of the molecule is CC=C(C)CN1CCC2(CCCN(C)C2=O)C1. The predicted octanol–water partition coefficient (Wildman–Crippen LogP) is 1.90. The van der Waals surface area contributed by atoms with Crippen molar-refractivity contribution < 1.29 is 4.79 Å². The molecule has 3 heteroatoms. The summed E-state index contributed by atoms with van der Waals surface area (Å²) < 4.78 is 0. The van der Waals surface area contributed by atoms with Crippen LogP contribution in [0.5, 0.6) is 0 Å². The van der Waals surface area contributed by atoms with Gasteiger partial charge in [0.15, 0.2) is 0 Å².